The molecule has 0 aliphatic heterocycles. The number of hydrogen-bond acceptors (Lipinski definition) is 1. The summed E-state index contributed by atoms with van der Waals surface area (Å²) in [6.07, 6.45) is 11.6. The lowest BCUT2D eigenvalue weighted by molar-refractivity contribution is -0.117. The monoisotopic (exact) mass is 216 g/mol. The van der Waals surface area contributed by atoms with Gasteiger partial charge in [0.1, 0.15) is 0 Å². The average molecular weight is 216 g/mol. The Balaban J connectivity index is 2.91. The van der Waals surface area contributed by atoms with Gasteiger partial charge in [-0.25, -0.2) is 0 Å². The minimum absolute atomic E-state index is 0.0215. The van der Waals surface area contributed by atoms with Crippen LogP contribution in [0.4, 0.5) is 0 Å². The maximum atomic E-state index is 11.7. The Morgan fingerprint density at radius 3 is 2.25 bits per heavy atom. The van der Waals surface area contributed by atoms with Gasteiger partial charge in [0.2, 0.25) is 0 Å². The second-order valence-electron chi connectivity index (χ2n) is 4.60. The summed E-state index contributed by atoms with van der Waals surface area (Å²) >= 11 is 0. The number of carbonyl (C=O) groups is 1. The van der Waals surface area contributed by atoms with Crippen LogP contribution in [0.25, 0.3) is 0 Å². The number of allylic oxidation sites excluding steroid dienone is 5. The van der Waals surface area contributed by atoms with E-state index >= 15 is 0 Å². The van der Waals surface area contributed by atoms with E-state index < -0.39 is 0 Å². The Hall–Kier alpha value is -1.37. The molecule has 1 aliphatic rings. The normalized spacial score (nSPS) is 18.8. The van der Waals surface area contributed by atoms with Crippen LogP contribution in [0.1, 0.15) is 32.1 Å². The van der Waals surface area contributed by atoms with Gasteiger partial charge in [-0.2, -0.15) is 0 Å². The first-order chi connectivity index (χ1) is 7.65. The molecule has 0 radical (unpaired) electrons. The maximum Gasteiger partial charge on any atom is 0.156 e. The molecule has 1 nitrogen and oxygen atoms in total. The maximum absolute atomic E-state index is 11.7. The summed E-state index contributed by atoms with van der Waals surface area (Å²) in [6, 6.07) is 0. The molecule has 0 unspecified atom stereocenters. The molecule has 0 aromatic heterocycles. The van der Waals surface area contributed by atoms with Gasteiger partial charge < -0.3 is 0 Å². The highest BCUT2D eigenvalue weighted by molar-refractivity contribution is 5.92. The van der Waals surface area contributed by atoms with Gasteiger partial charge in [0.05, 0.1) is 0 Å². The molecular formula is C15H20O. The first-order valence-corrected chi connectivity index (χ1v) is 5.71. The topological polar surface area (TPSA) is 17.1 Å². The van der Waals surface area contributed by atoms with Crippen LogP contribution in [0.3, 0.4) is 0 Å². The van der Waals surface area contributed by atoms with Crippen LogP contribution in [0, 0.1) is 5.41 Å². The van der Waals surface area contributed by atoms with Crippen molar-refractivity contribution in [1.29, 1.82) is 0 Å². The van der Waals surface area contributed by atoms with Crippen molar-refractivity contribution in [3.63, 3.8) is 0 Å². The zero-order chi connectivity index (χ0) is 12.0. The third-order valence-corrected chi connectivity index (χ3v) is 3.08. The average Bonchev–Trinajstić information content (AvgIpc) is 2.17. The van der Waals surface area contributed by atoms with E-state index in [4.69, 9.17) is 0 Å². The number of carbonyl (C=O) groups excluding carboxylic acids is 1. The third-order valence-electron chi connectivity index (χ3n) is 3.08. The molecule has 1 aliphatic carbocycles. The highest BCUT2D eigenvalue weighted by Gasteiger charge is 2.33. The molecule has 16 heavy (non-hydrogen) atoms. The number of hydrogen-bond donors (Lipinski definition) is 0. The van der Waals surface area contributed by atoms with Crippen molar-refractivity contribution in [2.75, 3.05) is 0 Å². The van der Waals surface area contributed by atoms with Gasteiger partial charge in [0.15, 0.2) is 5.78 Å². The summed E-state index contributed by atoms with van der Waals surface area (Å²) in [5.74, 6) is 0.229. The fourth-order valence-electron chi connectivity index (χ4n) is 2.54. The van der Waals surface area contributed by atoms with Crippen molar-refractivity contribution in [2.45, 2.75) is 32.1 Å². The van der Waals surface area contributed by atoms with Crippen LogP contribution in [0.15, 0.2) is 49.6 Å². The van der Waals surface area contributed by atoms with E-state index in [0.717, 1.165) is 25.7 Å². The van der Waals surface area contributed by atoms with E-state index in [9.17, 15) is 4.79 Å². The van der Waals surface area contributed by atoms with E-state index in [2.05, 4.69) is 19.7 Å². The molecule has 0 heterocycles. The molecule has 1 heteroatoms. The van der Waals surface area contributed by atoms with Gasteiger partial charge in [0, 0.05) is 6.42 Å². The third kappa shape index (κ3) is 3.06. The zero-order valence-corrected chi connectivity index (χ0v) is 9.87. The lowest BCUT2D eigenvalue weighted by Crippen LogP contribution is -2.27. The molecule has 0 aromatic rings. The molecule has 86 valence electrons. The van der Waals surface area contributed by atoms with E-state index in [0.29, 0.717) is 6.42 Å². The van der Waals surface area contributed by atoms with Gasteiger partial charge in [-0.15, -0.1) is 19.7 Å². The molecule has 0 N–H and O–H groups in total. The Bertz CT molecular complexity index is 323. The summed E-state index contributed by atoms with van der Waals surface area (Å²) in [7, 11) is 0. The molecule has 0 amide bonds. The van der Waals surface area contributed by atoms with Crippen molar-refractivity contribution >= 4 is 5.78 Å². The van der Waals surface area contributed by atoms with Crippen LogP contribution in [-0.2, 0) is 4.79 Å². The van der Waals surface area contributed by atoms with Crippen molar-refractivity contribution in [3.8, 4) is 0 Å². The van der Waals surface area contributed by atoms with Gasteiger partial charge in [-0.3, -0.25) is 4.79 Å². The Morgan fingerprint density at radius 1 is 1.12 bits per heavy atom. The largest absolute Gasteiger partial charge is 0.295 e. The SMILES string of the molecule is C=CCC1=CC(=O)CC(CC=C)(CC=C)C1. The van der Waals surface area contributed by atoms with Crippen LogP contribution in [0.5, 0.6) is 0 Å². The molecular weight excluding hydrogens is 196 g/mol. The lowest BCUT2D eigenvalue weighted by atomic mass is 9.69. The number of ketones is 1. The van der Waals surface area contributed by atoms with Crippen molar-refractivity contribution < 1.29 is 4.79 Å². The van der Waals surface area contributed by atoms with Crippen molar-refractivity contribution in [2.24, 2.45) is 5.41 Å². The van der Waals surface area contributed by atoms with Crippen LogP contribution >= 0.6 is 0 Å². The Kier molecular flexibility index (Phi) is 4.48. The van der Waals surface area contributed by atoms with Crippen LogP contribution < -0.4 is 0 Å². The molecule has 0 aromatic carbocycles. The Labute approximate surface area is 98.2 Å². The van der Waals surface area contributed by atoms with Gasteiger partial charge in [-0.05, 0) is 37.2 Å². The predicted octanol–water partition coefficient (Wildman–Crippen LogP) is 3.99. The van der Waals surface area contributed by atoms with Gasteiger partial charge in [-0.1, -0.05) is 23.8 Å². The van der Waals surface area contributed by atoms with Crippen LogP contribution in [0.2, 0.25) is 0 Å². The van der Waals surface area contributed by atoms with Crippen molar-refractivity contribution in [3.05, 3.63) is 49.6 Å². The van der Waals surface area contributed by atoms with Gasteiger partial charge in [0.25, 0.3) is 0 Å². The smallest absolute Gasteiger partial charge is 0.156 e. The van der Waals surface area contributed by atoms with E-state index in [1.54, 1.807) is 6.08 Å². The summed E-state index contributed by atoms with van der Waals surface area (Å²) < 4.78 is 0. The molecule has 0 saturated heterocycles. The molecule has 0 spiro atoms. The van der Waals surface area contributed by atoms with Crippen molar-refractivity contribution in [1.82, 2.24) is 0 Å². The second kappa shape index (κ2) is 5.64. The first-order valence-electron chi connectivity index (χ1n) is 5.71. The summed E-state index contributed by atoms with van der Waals surface area (Å²) in [5.41, 5.74) is 1.21. The zero-order valence-electron chi connectivity index (χ0n) is 9.87. The first kappa shape index (κ1) is 12.7. The number of rotatable bonds is 6. The highest BCUT2D eigenvalue weighted by Crippen LogP contribution is 2.42. The summed E-state index contributed by atoms with van der Waals surface area (Å²) in [4.78, 5) is 11.7. The quantitative estimate of drug-likeness (QED) is 0.613. The standard InChI is InChI=1S/C15H20O/c1-4-7-13-10-14(16)12-15(11-13,8-5-2)9-6-3/h4-6,10H,1-3,7-9,11-12H2. The minimum atomic E-state index is 0.0215. The molecule has 0 bridgehead atoms. The minimum Gasteiger partial charge on any atom is -0.295 e. The molecule has 1 rings (SSSR count). The van der Waals surface area contributed by atoms with Crippen LogP contribution in [-0.4, -0.2) is 5.78 Å². The summed E-state index contributed by atoms with van der Waals surface area (Å²) in [6.45, 7) is 11.3. The molecule has 0 atom stereocenters. The lowest BCUT2D eigenvalue weighted by Gasteiger charge is -2.35. The molecule has 0 saturated carbocycles. The highest BCUT2D eigenvalue weighted by atomic mass is 16.1. The Morgan fingerprint density at radius 2 is 1.75 bits per heavy atom. The fraction of sp³-hybridized carbons (Fsp3) is 0.400. The van der Waals surface area contributed by atoms with Gasteiger partial charge >= 0.3 is 0 Å². The summed E-state index contributed by atoms with van der Waals surface area (Å²) in [5, 5.41) is 0. The van der Waals surface area contributed by atoms with E-state index in [1.807, 2.05) is 18.2 Å². The fourth-order valence-corrected chi connectivity index (χ4v) is 2.54. The van der Waals surface area contributed by atoms with E-state index in [1.165, 1.54) is 5.57 Å². The molecule has 0 fully saturated rings. The second-order valence-corrected chi connectivity index (χ2v) is 4.60. The predicted molar refractivity (Wildman–Crippen MR) is 69.2 cm³/mol. The van der Waals surface area contributed by atoms with E-state index in [-0.39, 0.29) is 11.2 Å².